The molecule has 0 radical (unpaired) electrons. The molecule has 3 aromatic heterocycles. The summed E-state index contributed by atoms with van der Waals surface area (Å²) in [6.07, 6.45) is 8.43. The molecule has 6 rings (SSSR count). The molecule has 1 N–H and O–H groups in total. The van der Waals surface area contributed by atoms with Gasteiger partial charge in [-0.15, -0.1) is 0 Å². The van der Waals surface area contributed by atoms with Crippen LogP contribution in [-0.2, 0) is 6.54 Å². The number of benzene rings is 2. The van der Waals surface area contributed by atoms with Gasteiger partial charge in [0.15, 0.2) is 5.65 Å². The summed E-state index contributed by atoms with van der Waals surface area (Å²) in [7, 11) is 0. The Balaban J connectivity index is 1.17. The van der Waals surface area contributed by atoms with Crippen LogP contribution in [0.25, 0.3) is 27.8 Å². The van der Waals surface area contributed by atoms with Crippen LogP contribution < -0.4 is 5.56 Å². The first kappa shape index (κ1) is 24.6. The molecule has 0 spiro atoms. The monoisotopic (exact) mass is 525 g/mol. The molecule has 0 unspecified atom stereocenters. The van der Waals surface area contributed by atoms with Crippen LogP contribution in [0.15, 0.2) is 84.6 Å². The van der Waals surface area contributed by atoms with E-state index in [1.807, 2.05) is 24.3 Å². The first-order valence-corrected chi connectivity index (χ1v) is 12.5. The predicted molar refractivity (Wildman–Crippen MR) is 141 cm³/mol. The summed E-state index contributed by atoms with van der Waals surface area (Å²) in [6.45, 7) is 0.687. The molecule has 11 heteroatoms. The van der Waals surface area contributed by atoms with Gasteiger partial charge in [0, 0.05) is 36.6 Å². The zero-order valence-corrected chi connectivity index (χ0v) is 20.8. The second-order valence-corrected chi connectivity index (χ2v) is 9.67. The summed E-state index contributed by atoms with van der Waals surface area (Å²) in [5, 5.41) is 15.9. The number of carbonyl (C=O) groups is 1. The van der Waals surface area contributed by atoms with Crippen molar-refractivity contribution in [1.82, 2.24) is 34.2 Å². The molecule has 1 amide bonds. The molecule has 1 aliphatic rings. The SMILES string of the molecule is O=C(c1ccc(F)cc1)N1CCC(O)(Cn2cnc3c(cnn3-c3ccc(-c4cncnc4)cc3)c2=O)CC1. The van der Waals surface area contributed by atoms with Gasteiger partial charge in [0.1, 0.15) is 23.9 Å². The van der Waals surface area contributed by atoms with Crippen molar-refractivity contribution in [2.45, 2.75) is 25.0 Å². The fraction of sp³-hybridized carbons (Fsp3) is 0.214. The summed E-state index contributed by atoms with van der Waals surface area (Å²) >= 11 is 0. The summed E-state index contributed by atoms with van der Waals surface area (Å²) in [5.74, 6) is -0.618. The van der Waals surface area contributed by atoms with Gasteiger partial charge in [-0.25, -0.2) is 24.0 Å². The van der Waals surface area contributed by atoms with E-state index in [0.29, 0.717) is 42.5 Å². The van der Waals surface area contributed by atoms with Crippen LogP contribution in [0.3, 0.4) is 0 Å². The maximum absolute atomic E-state index is 13.3. The second kappa shape index (κ2) is 9.84. The van der Waals surface area contributed by atoms with E-state index < -0.39 is 11.4 Å². The normalized spacial score (nSPS) is 15.0. The third-order valence-corrected chi connectivity index (χ3v) is 7.10. The van der Waals surface area contributed by atoms with Gasteiger partial charge in [-0.05, 0) is 54.8 Å². The molecule has 5 aromatic rings. The van der Waals surface area contributed by atoms with Gasteiger partial charge in [0.25, 0.3) is 11.5 Å². The van der Waals surface area contributed by atoms with Crippen LogP contribution in [-0.4, -0.2) is 63.9 Å². The highest BCUT2D eigenvalue weighted by Gasteiger charge is 2.35. The quantitative estimate of drug-likeness (QED) is 0.375. The Morgan fingerprint density at radius 1 is 0.949 bits per heavy atom. The van der Waals surface area contributed by atoms with E-state index in [1.54, 1.807) is 22.0 Å². The Bertz CT molecular complexity index is 1690. The fourth-order valence-electron chi connectivity index (χ4n) is 4.87. The molecule has 39 heavy (non-hydrogen) atoms. The molecular weight excluding hydrogens is 501 g/mol. The number of nitrogens with zero attached hydrogens (tertiary/aromatic N) is 7. The van der Waals surface area contributed by atoms with Crippen LogP contribution in [0.5, 0.6) is 0 Å². The van der Waals surface area contributed by atoms with Gasteiger partial charge in [0.05, 0.1) is 24.0 Å². The van der Waals surface area contributed by atoms with E-state index in [2.05, 4.69) is 20.1 Å². The van der Waals surface area contributed by atoms with Gasteiger partial charge in [-0.3, -0.25) is 14.2 Å². The Labute approximate surface area is 222 Å². The zero-order valence-electron chi connectivity index (χ0n) is 20.8. The molecule has 0 saturated carbocycles. The summed E-state index contributed by atoms with van der Waals surface area (Å²) < 4.78 is 16.2. The lowest BCUT2D eigenvalue weighted by Crippen LogP contribution is -2.49. The van der Waals surface area contributed by atoms with E-state index >= 15 is 0 Å². The summed E-state index contributed by atoms with van der Waals surface area (Å²) in [4.78, 5) is 40.2. The molecule has 10 nitrogen and oxygen atoms in total. The van der Waals surface area contributed by atoms with Crippen LogP contribution in [0, 0.1) is 5.82 Å². The number of piperidine rings is 1. The van der Waals surface area contributed by atoms with Crippen LogP contribution in [0.2, 0.25) is 0 Å². The Kier molecular flexibility index (Phi) is 6.20. The molecule has 0 atom stereocenters. The molecule has 4 heterocycles. The Morgan fingerprint density at radius 2 is 1.64 bits per heavy atom. The number of hydrogen-bond donors (Lipinski definition) is 1. The van der Waals surface area contributed by atoms with E-state index in [-0.39, 0.29) is 18.0 Å². The molecule has 196 valence electrons. The van der Waals surface area contributed by atoms with Crippen LogP contribution in [0.4, 0.5) is 4.39 Å². The van der Waals surface area contributed by atoms with Crippen molar-refractivity contribution in [3.63, 3.8) is 0 Å². The van der Waals surface area contributed by atoms with Gasteiger partial charge >= 0.3 is 0 Å². The molecule has 1 saturated heterocycles. The first-order valence-electron chi connectivity index (χ1n) is 12.5. The standard InChI is InChI=1S/C28H24FN7O3/c29-22-5-1-20(2-6-22)26(37)34-11-9-28(39,10-12-34)16-35-18-32-25-24(27(35)38)15-33-36(25)23-7-3-19(4-8-23)21-13-30-17-31-14-21/h1-8,13-15,17-18,39H,9-12,16H2. The maximum atomic E-state index is 13.3. The van der Waals surface area contributed by atoms with Crippen molar-refractivity contribution in [2.75, 3.05) is 13.1 Å². The zero-order chi connectivity index (χ0) is 27.0. The van der Waals surface area contributed by atoms with Crippen molar-refractivity contribution in [2.24, 2.45) is 0 Å². The van der Waals surface area contributed by atoms with Gasteiger partial charge in [-0.1, -0.05) is 12.1 Å². The largest absolute Gasteiger partial charge is 0.388 e. The number of amides is 1. The maximum Gasteiger partial charge on any atom is 0.264 e. The van der Waals surface area contributed by atoms with Crippen LogP contribution >= 0.6 is 0 Å². The highest BCUT2D eigenvalue weighted by atomic mass is 19.1. The summed E-state index contributed by atoms with van der Waals surface area (Å²) in [5.41, 5.74) is 1.91. The number of rotatable bonds is 5. The number of carbonyl (C=O) groups excluding carboxylic acids is 1. The van der Waals surface area contributed by atoms with E-state index in [1.165, 1.54) is 47.7 Å². The number of aliphatic hydroxyl groups is 1. The van der Waals surface area contributed by atoms with E-state index in [9.17, 15) is 19.1 Å². The minimum Gasteiger partial charge on any atom is -0.388 e. The predicted octanol–water partition coefficient (Wildman–Crippen LogP) is 2.85. The molecule has 1 aliphatic heterocycles. The molecule has 0 aliphatic carbocycles. The Hall–Kier alpha value is -4.77. The van der Waals surface area contributed by atoms with Crippen molar-refractivity contribution in [3.05, 3.63) is 102 Å². The highest BCUT2D eigenvalue weighted by molar-refractivity contribution is 5.94. The van der Waals surface area contributed by atoms with Crippen molar-refractivity contribution >= 4 is 16.9 Å². The Morgan fingerprint density at radius 3 is 2.33 bits per heavy atom. The van der Waals surface area contributed by atoms with E-state index in [4.69, 9.17) is 0 Å². The molecule has 2 aromatic carbocycles. The lowest BCUT2D eigenvalue weighted by atomic mass is 9.91. The number of likely N-dealkylation sites (tertiary alicyclic amines) is 1. The minimum atomic E-state index is -1.17. The average molecular weight is 526 g/mol. The third-order valence-electron chi connectivity index (χ3n) is 7.10. The van der Waals surface area contributed by atoms with Crippen LogP contribution in [0.1, 0.15) is 23.2 Å². The number of fused-ring (bicyclic) bond motifs is 1. The number of aromatic nitrogens is 6. The first-order chi connectivity index (χ1) is 18.9. The van der Waals surface area contributed by atoms with E-state index in [0.717, 1.165) is 16.8 Å². The molecule has 1 fully saturated rings. The second-order valence-electron chi connectivity index (χ2n) is 9.67. The van der Waals surface area contributed by atoms with Gasteiger partial charge < -0.3 is 10.0 Å². The lowest BCUT2D eigenvalue weighted by molar-refractivity contribution is -0.0299. The smallest absolute Gasteiger partial charge is 0.264 e. The molecule has 0 bridgehead atoms. The van der Waals surface area contributed by atoms with Gasteiger partial charge in [-0.2, -0.15) is 5.10 Å². The minimum absolute atomic E-state index is 0.0480. The topological polar surface area (TPSA) is 119 Å². The highest BCUT2D eigenvalue weighted by Crippen LogP contribution is 2.26. The van der Waals surface area contributed by atoms with Crippen molar-refractivity contribution in [1.29, 1.82) is 0 Å². The summed E-state index contributed by atoms with van der Waals surface area (Å²) in [6, 6.07) is 13.0. The fourth-order valence-corrected chi connectivity index (χ4v) is 4.87. The lowest BCUT2D eigenvalue weighted by Gasteiger charge is -2.38. The average Bonchev–Trinajstić information content (AvgIpc) is 3.40. The molecular formula is C28H24FN7O3. The third kappa shape index (κ3) is 4.79. The van der Waals surface area contributed by atoms with Crippen molar-refractivity contribution in [3.8, 4) is 16.8 Å². The number of halogens is 1. The van der Waals surface area contributed by atoms with Gasteiger partial charge in [0.2, 0.25) is 0 Å². The van der Waals surface area contributed by atoms with Crippen molar-refractivity contribution < 1.29 is 14.3 Å². The number of hydrogen-bond acceptors (Lipinski definition) is 7.